The molecule has 0 fully saturated rings. The second-order valence-corrected chi connectivity index (χ2v) is 8.41. The van der Waals surface area contributed by atoms with Crippen molar-refractivity contribution in [1.82, 2.24) is 20.6 Å². The summed E-state index contributed by atoms with van der Waals surface area (Å²) in [4.78, 5) is 27.2. The average Bonchev–Trinajstić information content (AvgIpc) is 3.06. The number of hydrazine groups is 1. The molecule has 0 radical (unpaired) electrons. The van der Waals surface area contributed by atoms with Crippen molar-refractivity contribution in [1.29, 1.82) is 0 Å². The average molecular weight is 452 g/mol. The lowest BCUT2D eigenvalue weighted by molar-refractivity contribution is -0.120. The predicted octanol–water partition coefficient (Wildman–Crippen LogP) is 3.42. The normalized spacial score (nSPS) is 12.9. The maximum absolute atomic E-state index is 12.7. The van der Waals surface area contributed by atoms with Crippen molar-refractivity contribution >= 4 is 29.1 Å². The van der Waals surface area contributed by atoms with Crippen LogP contribution in [0.1, 0.15) is 39.2 Å². The van der Waals surface area contributed by atoms with Gasteiger partial charge < -0.3 is 4.90 Å². The fourth-order valence-electron chi connectivity index (χ4n) is 3.96. The molecule has 2 amide bonds. The number of nitrogens with one attached hydrogen (secondary N) is 2. The Bertz CT molecular complexity index is 1140. The molecule has 2 N–H and O–H groups in total. The fourth-order valence-corrected chi connectivity index (χ4v) is 4.28. The SMILES string of the molecule is Cc1ccc(Cn2nc(C)c(C(=O)NNC(=O)CN3CCCc4ccccc43)c2Cl)cc1. The lowest BCUT2D eigenvalue weighted by Crippen LogP contribution is -2.47. The highest BCUT2D eigenvalue weighted by molar-refractivity contribution is 6.33. The van der Waals surface area contributed by atoms with Gasteiger partial charge in [-0.2, -0.15) is 5.10 Å². The molecule has 7 nitrogen and oxygen atoms in total. The number of halogens is 1. The van der Waals surface area contributed by atoms with E-state index in [1.807, 2.05) is 54.3 Å². The minimum atomic E-state index is -0.491. The fraction of sp³-hybridized carbons (Fsp3) is 0.292. The molecule has 32 heavy (non-hydrogen) atoms. The Hall–Kier alpha value is -3.32. The summed E-state index contributed by atoms with van der Waals surface area (Å²) < 4.78 is 1.59. The number of para-hydroxylation sites is 1. The third kappa shape index (κ3) is 4.78. The van der Waals surface area contributed by atoms with Crippen molar-refractivity contribution in [2.45, 2.75) is 33.2 Å². The lowest BCUT2D eigenvalue weighted by atomic mass is 10.0. The summed E-state index contributed by atoms with van der Waals surface area (Å²) in [5, 5.41) is 4.63. The van der Waals surface area contributed by atoms with Crippen LogP contribution in [0.15, 0.2) is 48.5 Å². The molecule has 4 rings (SSSR count). The molecule has 1 aromatic heterocycles. The van der Waals surface area contributed by atoms with Crippen molar-refractivity contribution < 1.29 is 9.59 Å². The van der Waals surface area contributed by atoms with Crippen LogP contribution in [0.3, 0.4) is 0 Å². The highest BCUT2D eigenvalue weighted by Crippen LogP contribution is 2.26. The summed E-state index contributed by atoms with van der Waals surface area (Å²) in [5.41, 5.74) is 10.2. The van der Waals surface area contributed by atoms with Gasteiger partial charge in [0.25, 0.3) is 11.8 Å². The summed E-state index contributed by atoms with van der Waals surface area (Å²) in [7, 11) is 0. The minimum absolute atomic E-state index is 0.163. The Morgan fingerprint density at radius 2 is 1.81 bits per heavy atom. The Balaban J connectivity index is 1.37. The topological polar surface area (TPSA) is 79.3 Å². The van der Waals surface area contributed by atoms with Gasteiger partial charge in [0.15, 0.2) is 0 Å². The van der Waals surface area contributed by atoms with Crippen LogP contribution in [0.25, 0.3) is 0 Å². The molecule has 0 unspecified atom stereocenters. The standard InChI is InChI=1S/C24H26ClN5O2/c1-16-9-11-18(12-10-16)14-30-23(25)22(17(2)28-30)24(32)27-26-21(31)15-29-13-5-7-19-6-3-4-8-20(19)29/h3-4,6,8-12H,5,7,13-15H2,1-2H3,(H,26,31)(H,27,32). The number of carbonyl (C=O) groups is 2. The first-order valence-electron chi connectivity index (χ1n) is 10.6. The van der Waals surface area contributed by atoms with Gasteiger partial charge in [0.2, 0.25) is 0 Å². The molecule has 0 atom stereocenters. The number of benzene rings is 2. The smallest absolute Gasteiger partial charge is 0.274 e. The first kappa shape index (κ1) is 21.9. The van der Waals surface area contributed by atoms with Crippen LogP contribution < -0.4 is 15.8 Å². The van der Waals surface area contributed by atoms with E-state index in [0.717, 1.165) is 30.6 Å². The van der Waals surface area contributed by atoms with Gasteiger partial charge in [0.1, 0.15) is 10.7 Å². The van der Waals surface area contributed by atoms with E-state index in [0.29, 0.717) is 12.2 Å². The maximum atomic E-state index is 12.7. The number of nitrogens with zero attached hydrogens (tertiary/aromatic N) is 3. The molecule has 1 aliphatic rings. The Morgan fingerprint density at radius 1 is 1.06 bits per heavy atom. The van der Waals surface area contributed by atoms with Gasteiger partial charge >= 0.3 is 0 Å². The largest absolute Gasteiger partial charge is 0.362 e. The van der Waals surface area contributed by atoms with E-state index in [1.165, 1.54) is 11.1 Å². The Kier molecular flexibility index (Phi) is 6.46. The molecule has 0 aliphatic carbocycles. The number of hydrogen-bond acceptors (Lipinski definition) is 4. The molecule has 8 heteroatoms. The zero-order chi connectivity index (χ0) is 22.7. The van der Waals surface area contributed by atoms with Gasteiger partial charge in [-0.25, -0.2) is 4.68 Å². The van der Waals surface area contributed by atoms with E-state index < -0.39 is 5.91 Å². The molecule has 2 heterocycles. The zero-order valence-electron chi connectivity index (χ0n) is 18.2. The van der Waals surface area contributed by atoms with Gasteiger partial charge in [-0.1, -0.05) is 59.6 Å². The van der Waals surface area contributed by atoms with Crippen LogP contribution in [-0.4, -0.2) is 34.7 Å². The van der Waals surface area contributed by atoms with Crippen LogP contribution in [0.5, 0.6) is 0 Å². The van der Waals surface area contributed by atoms with Crippen LogP contribution >= 0.6 is 11.6 Å². The van der Waals surface area contributed by atoms with Crippen LogP contribution in [0.4, 0.5) is 5.69 Å². The summed E-state index contributed by atoms with van der Waals surface area (Å²) in [6.07, 6.45) is 2.00. The molecular formula is C24H26ClN5O2. The molecule has 2 aromatic carbocycles. The number of hydrogen-bond donors (Lipinski definition) is 2. The van der Waals surface area contributed by atoms with Crippen LogP contribution in [-0.2, 0) is 17.8 Å². The predicted molar refractivity (Wildman–Crippen MR) is 125 cm³/mol. The van der Waals surface area contributed by atoms with Gasteiger partial charge in [-0.15, -0.1) is 0 Å². The molecule has 166 valence electrons. The first-order valence-corrected chi connectivity index (χ1v) is 11.0. The van der Waals surface area contributed by atoms with Crippen LogP contribution in [0, 0.1) is 13.8 Å². The molecule has 0 saturated carbocycles. The molecule has 3 aromatic rings. The number of rotatable bonds is 5. The van der Waals surface area contributed by atoms with Crippen molar-refractivity contribution in [3.05, 3.63) is 81.6 Å². The van der Waals surface area contributed by atoms with E-state index in [-0.39, 0.29) is 23.2 Å². The molecule has 0 spiro atoms. The number of fused-ring (bicyclic) bond motifs is 1. The number of aryl methyl sites for hydroxylation is 3. The summed E-state index contributed by atoms with van der Waals surface area (Å²) in [5.74, 6) is -0.786. The Morgan fingerprint density at radius 3 is 2.59 bits per heavy atom. The third-order valence-corrected chi connectivity index (χ3v) is 5.99. The second-order valence-electron chi connectivity index (χ2n) is 8.05. The minimum Gasteiger partial charge on any atom is -0.362 e. The van der Waals surface area contributed by atoms with Gasteiger partial charge in [-0.05, 0) is 43.9 Å². The molecule has 1 aliphatic heterocycles. The number of aromatic nitrogens is 2. The lowest BCUT2D eigenvalue weighted by Gasteiger charge is -2.30. The van der Waals surface area contributed by atoms with Gasteiger partial charge in [0.05, 0.1) is 18.8 Å². The van der Waals surface area contributed by atoms with E-state index >= 15 is 0 Å². The van der Waals surface area contributed by atoms with Crippen molar-refractivity contribution in [2.24, 2.45) is 0 Å². The Labute approximate surface area is 192 Å². The highest BCUT2D eigenvalue weighted by atomic mass is 35.5. The quantitative estimate of drug-likeness (QED) is 0.582. The summed E-state index contributed by atoms with van der Waals surface area (Å²) in [6, 6.07) is 16.1. The molecule has 0 saturated heterocycles. The summed E-state index contributed by atoms with van der Waals surface area (Å²) >= 11 is 6.45. The number of amides is 2. The number of anilines is 1. The van der Waals surface area contributed by atoms with E-state index in [1.54, 1.807) is 11.6 Å². The van der Waals surface area contributed by atoms with E-state index in [4.69, 9.17) is 11.6 Å². The van der Waals surface area contributed by atoms with Crippen LogP contribution in [0.2, 0.25) is 5.15 Å². The van der Waals surface area contributed by atoms with Gasteiger partial charge in [0, 0.05) is 12.2 Å². The second kappa shape index (κ2) is 9.44. The molecular weight excluding hydrogens is 426 g/mol. The van der Waals surface area contributed by atoms with Crippen molar-refractivity contribution in [3.8, 4) is 0 Å². The monoisotopic (exact) mass is 451 g/mol. The third-order valence-electron chi connectivity index (χ3n) is 5.60. The number of carbonyl (C=O) groups excluding carboxylic acids is 2. The van der Waals surface area contributed by atoms with Crippen molar-refractivity contribution in [3.63, 3.8) is 0 Å². The maximum Gasteiger partial charge on any atom is 0.274 e. The van der Waals surface area contributed by atoms with E-state index in [9.17, 15) is 9.59 Å². The highest BCUT2D eigenvalue weighted by Gasteiger charge is 2.22. The first-order chi connectivity index (χ1) is 15.4. The van der Waals surface area contributed by atoms with E-state index in [2.05, 4.69) is 22.0 Å². The summed E-state index contributed by atoms with van der Waals surface area (Å²) in [6.45, 7) is 5.16. The van der Waals surface area contributed by atoms with Crippen molar-refractivity contribution in [2.75, 3.05) is 18.0 Å². The molecule has 0 bridgehead atoms. The zero-order valence-corrected chi connectivity index (χ0v) is 18.9. The van der Waals surface area contributed by atoms with Gasteiger partial charge in [-0.3, -0.25) is 20.4 Å².